The van der Waals surface area contributed by atoms with Gasteiger partial charge in [-0.25, -0.2) is 4.98 Å². The van der Waals surface area contributed by atoms with Gasteiger partial charge in [-0.15, -0.1) is 0 Å². The molecule has 1 aromatic heterocycles. The van der Waals surface area contributed by atoms with Crippen molar-refractivity contribution in [2.75, 3.05) is 44.3 Å². The van der Waals surface area contributed by atoms with Gasteiger partial charge >= 0.3 is 0 Å². The molecular formula is C22H25N3O3S. The summed E-state index contributed by atoms with van der Waals surface area (Å²) in [5.74, 6) is 1.51. The number of pyridine rings is 1. The van der Waals surface area contributed by atoms with Gasteiger partial charge in [0.2, 0.25) is 5.91 Å². The van der Waals surface area contributed by atoms with E-state index in [0.29, 0.717) is 11.5 Å². The number of aryl methyl sites for hydroxylation is 1. The van der Waals surface area contributed by atoms with E-state index in [4.69, 9.17) is 14.5 Å². The van der Waals surface area contributed by atoms with E-state index in [2.05, 4.69) is 5.32 Å². The molecule has 3 aromatic rings. The van der Waals surface area contributed by atoms with E-state index in [-0.39, 0.29) is 11.7 Å². The average Bonchev–Trinajstić information content (AvgIpc) is 2.71. The molecule has 0 spiro atoms. The van der Waals surface area contributed by atoms with Crippen molar-refractivity contribution < 1.29 is 14.3 Å². The number of fused-ring (bicyclic) bond motifs is 1. The van der Waals surface area contributed by atoms with Gasteiger partial charge in [0.05, 0.1) is 25.5 Å². The highest BCUT2D eigenvalue weighted by Crippen LogP contribution is 2.33. The lowest BCUT2D eigenvalue weighted by Crippen LogP contribution is -2.14. The Morgan fingerprint density at radius 3 is 2.34 bits per heavy atom. The lowest BCUT2D eigenvalue weighted by molar-refractivity contribution is -0.113. The summed E-state index contributed by atoms with van der Waals surface area (Å²) >= 11 is 1.42. The Morgan fingerprint density at radius 2 is 1.72 bits per heavy atom. The van der Waals surface area contributed by atoms with Crippen molar-refractivity contribution in [3.63, 3.8) is 0 Å². The largest absolute Gasteiger partial charge is 0.493 e. The van der Waals surface area contributed by atoms with Crippen molar-refractivity contribution in [3.8, 4) is 11.5 Å². The molecule has 0 bridgehead atoms. The number of hydrogen-bond donors (Lipinski definition) is 1. The Hall–Kier alpha value is -2.93. The summed E-state index contributed by atoms with van der Waals surface area (Å²) in [7, 11) is 7.17. The van der Waals surface area contributed by atoms with E-state index in [1.165, 1.54) is 11.8 Å². The Morgan fingerprint density at radius 1 is 1.07 bits per heavy atom. The van der Waals surface area contributed by atoms with Crippen molar-refractivity contribution in [2.24, 2.45) is 0 Å². The molecule has 29 heavy (non-hydrogen) atoms. The Labute approximate surface area is 175 Å². The molecule has 1 heterocycles. The lowest BCUT2D eigenvalue weighted by atomic mass is 10.1. The fourth-order valence-electron chi connectivity index (χ4n) is 2.91. The number of nitrogens with zero attached hydrogens (tertiary/aromatic N) is 2. The minimum atomic E-state index is -0.0683. The summed E-state index contributed by atoms with van der Waals surface area (Å²) in [6, 6.07) is 13.5. The second-order valence-electron chi connectivity index (χ2n) is 6.79. The van der Waals surface area contributed by atoms with Gasteiger partial charge in [0, 0.05) is 36.9 Å². The SMILES string of the molecule is COc1cc2cc(C)c(SCC(=O)Nc3ccc(N(C)C)cc3)nc2cc1OC. The highest BCUT2D eigenvalue weighted by molar-refractivity contribution is 8.00. The van der Waals surface area contributed by atoms with Crippen molar-refractivity contribution >= 4 is 39.9 Å². The van der Waals surface area contributed by atoms with Crippen LogP contribution in [0.15, 0.2) is 47.5 Å². The van der Waals surface area contributed by atoms with Gasteiger partial charge in [0.15, 0.2) is 11.5 Å². The minimum Gasteiger partial charge on any atom is -0.493 e. The maximum absolute atomic E-state index is 12.4. The molecule has 7 heteroatoms. The summed E-state index contributed by atoms with van der Waals surface area (Å²) in [5, 5.41) is 4.72. The van der Waals surface area contributed by atoms with E-state index < -0.39 is 0 Å². The molecule has 0 aliphatic heterocycles. The van der Waals surface area contributed by atoms with Gasteiger partial charge < -0.3 is 19.7 Å². The van der Waals surface area contributed by atoms with Gasteiger partial charge in [0.1, 0.15) is 5.03 Å². The predicted molar refractivity (Wildman–Crippen MR) is 120 cm³/mol. The van der Waals surface area contributed by atoms with Gasteiger partial charge in [-0.3, -0.25) is 4.79 Å². The number of rotatable bonds is 7. The second kappa shape index (κ2) is 9.05. The fourth-order valence-corrected chi connectivity index (χ4v) is 3.70. The average molecular weight is 412 g/mol. The Balaban J connectivity index is 1.70. The summed E-state index contributed by atoms with van der Waals surface area (Å²) in [6.07, 6.45) is 0. The quantitative estimate of drug-likeness (QED) is 0.583. The summed E-state index contributed by atoms with van der Waals surface area (Å²) in [5.41, 5.74) is 3.68. The molecule has 3 rings (SSSR count). The fraction of sp³-hybridized carbons (Fsp3) is 0.273. The summed E-state index contributed by atoms with van der Waals surface area (Å²) in [6.45, 7) is 1.99. The molecular weight excluding hydrogens is 386 g/mol. The lowest BCUT2D eigenvalue weighted by Gasteiger charge is -2.13. The molecule has 6 nitrogen and oxygen atoms in total. The van der Waals surface area contributed by atoms with Crippen LogP contribution in [0.25, 0.3) is 10.9 Å². The molecule has 1 amide bonds. The van der Waals surface area contributed by atoms with Gasteiger partial charge in [0.25, 0.3) is 0 Å². The third-order valence-corrected chi connectivity index (χ3v) is 5.56. The maximum Gasteiger partial charge on any atom is 0.234 e. The molecule has 0 saturated heterocycles. The molecule has 0 fully saturated rings. The van der Waals surface area contributed by atoms with Crippen molar-refractivity contribution in [2.45, 2.75) is 11.9 Å². The number of ether oxygens (including phenoxy) is 2. The standard InChI is InChI=1S/C22H25N3O3S/c1-14-10-15-11-19(27-4)20(28-5)12-18(15)24-22(14)29-13-21(26)23-16-6-8-17(9-7-16)25(2)3/h6-12H,13H2,1-5H3,(H,23,26). The summed E-state index contributed by atoms with van der Waals surface area (Å²) < 4.78 is 10.7. The summed E-state index contributed by atoms with van der Waals surface area (Å²) in [4.78, 5) is 19.1. The van der Waals surface area contributed by atoms with Crippen LogP contribution < -0.4 is 19.7 Å². The van der Waals surface area contributed by atoms with Gasteiger partial charge in [-0.05, 0) is 48.9 Å². The van der Waals surface area contributed by atoms with Crippen LogP contribution in [0.1, 0.15) is 5.56 Å². The Kier molecular flexibility index (Phi) is 6.49. The molecule has 2 aromatic carbocycles. The van der Waals surface area contributed by atoms with E-state index in [1.54, 1.807) is 14.2 Å². The maximum atomic E-state index is 12.4. The smallest absolute Gasteiger partial charge is 0.234 e. The van der Waals surface area contributed by atoms with Gasteiger partial charge in [-0.2, -0.15) is 0 Å². The first kappa shape index (κ1) is 20.8. The van der Waals surface area contributed by atoms with Gasteiger partial charge in [-0.1, -0.05) is 11.8 Å². The zero-order chi connectivity index (χ0) is 21.0. The minimum absolute atomic E-state index is 0.0683. The van der Waals surface area contributed by atoms with Crippen molar-refractivity contribution in [3.05, 3.63) is 48.0 Å². The van der Waals surface area contributed by atoms with E-state index in [0.717, 1.165) is 32.9 Å². The third kappa shape index (κ3) is 4.92. The molecule has 0 atom stereocenters. The molecule has 0 aliphatic carbocycles. The van der Waals surface area contributed by atoms with Crippen LogP contribution in [0.5, 0.6) is 11.5 Å². The molecule has 152 valence electrons. The van der Waals surface area contributed by atoms with E-state index in [9.17, 15) is 4.79 Å². The van der Waals surface area contributed by atoms with Crippen LogP contribution in [0, 0.1) is 6.92 Å². The predicted octanol–water partition coefficient (Wildman–Crippen LogP) is 4.36. The number of thioether (sulfide) groups is 1. The van der Waals surface area contributed by atoms with Crippen LogP contribution in [0.2, 0.25) is 0 Å². The van der Waals surface area contributed by atoms with Crippen molar-refractivity contribution in [1.82, 2.24) is 4.98 Å². The first-order valence-electron chi connectivity index (χ1n) is 9.14. The number of carbonyl (C=O) groups excluding carboxylic acids is 1. The van der Waals surface area contributed by atoms with Crippen LogP contribution >= 0.6 is 11.8 Å². The number of methoxy groups -OCH3 is 2. The number of anilines is 2. The number of aromatic nitrogens is 1. The van der Waals surface area contributed by atoms with Crippen LogP contribution in [0.3, 0.4) is 0 Å². The topological polar surface area (TPSA) is 63.7 Å². The van der Waals surface area contributed by atoms with Crippen molar-refractivity contribution in [1.29, 1.82) is 0 Å². The van der Waals surface area contributed by atoms with Crippen LogP contribution in [0.4, 0.5) is 11.4 Å². The van der Waals surface area contributed by atoms with E-state index >= 15 is 0 Å². The molecule has 0 radical (unpaired) electrons. The second-order valence-corrected chi connectivity index (χ2v) is 7.75. The highest BCUT2D eigenvalue weighted by atomic mass is 32.2. The number of hydrogen-bond acceptors (Lipinski definition) is 6. The number of benzene rings is 2. The monoisotopic (exact) mass is 411 g/mol. The molecule has 0 saturated carbocycles. The van der Waals surface area contributed by atoms with Crippen LogP contribution in [-0.2, 0) is 4.79 Å². The molecule has 0 unspecified atom stereocenters. The normalized spacial score (nSPS) is 10.7. The zero-order valence-electron chi connectivity index (χ0n) is 17.3. The van der Waals surface area contributed by atoms with Crippen LogP contribution in [-0.4, -0.2) is 45.0 Å². The highest BCUT2D eigenvalue weighted by Gasteiger charge is 2.12. The first-order chi connectivity index (χ1) is 13.9. The Bertz CT molecular complexity index is 1020. The number of amides is 1. The zero-order valence-corrected chi connectivity index (χ0v) is 18.1. The first-order valence-corrected chi connectivity index (χ1v) is 10.1. The van der Waals surface area contributed by atoms with E-state index in [1.807, 2.05) is 68.4 Å². The molecule has 1 N–H and O–H groups in total. The molecule has 0 aliphatic rings. The number of carbonyl (C=O) groups is 1. The third-order valence-electron chi connectivity index (χ3n) is 4.47. The number of nitrogens with one attached hydrogen (secondary N) is 1.